The first kappa shape index (κ1) is 17.0. The van der Waals surface area contributed by atoms with Crippen molar-refractivity contribution in [3.8, 4) is 0 Å². The van der Waals surface area contributed by atoms with Crippen molar-refractivity contribution in [2.24, 2.45) is 0 Å². The zero-order valence-electron chi connectivity index (χ0n) is 13.3. The third-order valence-electron chi connectivity index (χ3n) is 3.73. The predicted molar refractivity (Wildman–Crippen MR) is 79.7 cm³/mol. The second-order valence-electron chi connectivity index (χ2n) is 6.84. The highest BCUT2D eigenvalue weighted by molar-refractivity contribution is 5.96. The van der Waals surface area contributed by atoms with Crippen LogP contribution < -0.4 is 15.5 Å². The average molecular weight is 284 g/mol. The van der Waals surface area contributed by atoms with Crippen molar-refractivity contribution in [1.82, 2.24) is 10.6 Å². The van der Waals surface area contributed by atoms with Gasteiger partial charge in [-0.1, -0.05) is 6.42 Å². The maximum absolute atomic E-state index is 12.1. The van der Waals surface area contributed by atoms with Crippen molar-refractivity contribution < 1.29 is 14.5 Å². The van der Waals surface area contributed by atoms with Crippen LogP contribution >= 0.6 is 0 Å². The van der Waals surface area contributed by atoms with Crippen LogP contribution in [0.2, 0.25) is 0 Å². The van der Waals surface area contributed by atoms with Gasteiger partial charge < -0.3 is 10.2 Å². The largest absolute Gasteiger partial charge is 0.333 e. The summed E-state index contributed by atoms with van der Waals surface area (Å²) in [6, 6.07) is -0.570. The molecule has 1 atom stereocenters. The van der Waals surface area contributed by atoms with Gasteiger partial charge in [-0.25, -0.2) is 4.79 Å². The summed E-state index contributed by atoms with van der Waals surface area (Å²) < 4.78 is 0. The van der Waals surface area contributed by atoms with Crippen LogP contribution in [0.25, 0.3) is 0 Å². The molecule has 116 valence electrons. The fraction of sp³-hybridized carbons (Fsp3) is 0.867. The number of amides is 3. The van der Waals surface area contributed by atoms with Crippen LogP contribution in [-0.2, 0) is 4.79 Å². The summed E-state index contributed by atoms with van der Waals surface area (Å²) in [6.45, 7) is 9.64. The Labute approximate surface area is 122 Å². The number of hydrogen-bond donors (Lipinski definition) is 3. The van der Waals surface area contributed by atoms with Gasteiger partial charge in [0.1, 0.15) is 0 Å². The number of nitrogens with one attached hydrogen (secondary N) is 3. The number of carbonyl (C=O) groups excluding carboxylic acids is 2. The van der Waals surface area contributed by atoms with E-state index in [2.05, 4.69) is 10.6 Å². The maximum Gasteiger partial charge on any atom is 0.322 e. The SMILES string of the molecule is C[C@H](C(=O)NC(=O)NC(C)(C)C)[NH+]1CCCCCCC1. The smallest absolute Gasteiger partial charge is 0.322 e. The highest BCUT2D eigenvalue weighted by Crippen LogP contribution is 2.03. The lowest BCUT2D eigenvalue weighted by atomic mass is 10.1. The second-order valence-corrected chi connectivity index (χ2v) is 6.84. The third kappa shape index (κ3) is 6.37. The lowest BCUT2D eigenvalue weighted by molar-refractivity contribution is -0.915. The molecule has 1 fully saturated rings. The Bertz CT molecular complexity index is 329. The van der Waals surface area contributed by atoms with Crippen molar-refractivity contribution in [1.29, 1.82) is 0 Å². The van der Waals surface area contributed by atoms with Crippen LogP contribution in [0.5, 0.6) is 0 Å². The fourth-order valence-electron chi connectivity index (χ4n) is 2.57. The summed E-state index contributed by atoms with van der Waals surface area (Å²) in [7, 11) is 0. The number of likely N-dealkylation sites (tertiary alicyclic amines) is 1. The van der Waals surface area contributed by atoms with Gasteiger partial charge in [-0.15, -0.1) is 0 Å². The molecule has 0 unspecified atom stereocenters. The van der Waals surface area contributed by atoms with Gasteiger partial charge in [0.05, 0.1) is 13.1 Å². The number of carbonyl (C=O) groups is 2. The van der Waals surface area contributed by atoms with Crippen LogP contribution in [0.3, 0.4) is 0 Å². The highest BCUT2D eigenvalue weighted by Gasteiger charge is 2.27. The molecule has 0 spiro atoms. The van der Waals surface area contributed by atoms with Gasteiger partial charge in [0, 0.05) is 5.54 Å². The molecule has 0 aromatic rings. The molecule has 3 amide bonds. The topological polar surface area (TPSA) is 62.6 Å². The lowest BCUT2D eigenvalue weighted by Gasteiger charge is -2.27. The lowest BCUT2D eigenvalue weighted by Crippen LogP contribution is -3.16. The molecule has 5 heteroatoms. The van der Waals surface area contributed by atoms with Gasteiger partial charge in [-0.2, -0.15) is 0 Å². The van der Waals surface area contributed by atoms with E-state index in [1.165, 1.54) is 37.0 Å². The zero-order valence-corrected chi connectivity index (χ0v) is 13.3. The number of rotatable bonds is 2. The van der Waals surface area contributed by atoms with Crippen molar-refractivity contribution in [2.75, 3.05) is 13.1 Å². The predicted octanol–water partition coefficient (Wildman–Crippen LogP) is 0.848. The Hall–Kier alpha value is -1.10. The van der Waals surface area contributed by atoms with Crippen molar-refractivity contribution in [3.05, 3.63) is 0 Å². The molecule has 20 heavy (non-hydrogen) atoms. The number of imide groups is 1. The summed E-state index contributed by atoms with van der Waals surface area (Å²) in [5.74, 6) is -0.178. The van der Waals surface area contributed by atoms with E-state index in [9.17, 15) is 9.59 Å². The Morgan fingerprint density at radius 2 is 1.50 bits per heavy atom. The summed E-state index contributed by atoms with van der Waals surface area (Å²) in [4.78, 5) is 25.2. The molecule has 3 N–H and O–H groups in total. The molecule has 0 aliphatic carbocycles. The molecule has 1 aliphatic rings. The van der Waals surface area contributed by atoms with Gasteiger partial charge in [0.2, 0.25) is 0 Å². The molecule has 0 aromatic heterocycles. The van der Waals surface area contributed by atoms with Crippen LogP contribution in [0.15, 0.2) is 0 Å². The first-order chi connectivity index (χ1) is 9.29. The van der Waals surface area contributed by atoms with Crippen molar-refractivity contribution >= 4 is 11.9 Å². The fourth-order valence-corrected chi connectivity index (χ4v) is 2.57. The van der Waals surface area contributed by atoms with Gasteiger partial charge >= 0.3 is 6.03 Å². The molecular weight excluding hydrogens is 254 g/mol. The van der Waals surface area contributed by atoms with Gasteiger partial charge in [0.15, 0.2) is 6.04 Å². The zero-order chi connectivity index (χ0) is 15.2. The van der Waals surface area contributed by atoms with E-state index in [4.69, 9.17) is 0 Å². The quantitative estimate of drug-likeness (QED) is 0.704. The van der Waals surface area contributed by atoms with Crippen LogP contribution in [-0.4, -0.2) is 36.6 Å². The molecular formula is C15H30N3O2+. The van der Waals surface area contributed by atoms with E-state index in [1.54, 1.807) is 0 Å². The van der Waals surface area contributed by atoms with Crippen LogP contribution in [0, 0.1) is 0 Å². The minimum atomic E-state index is -0.402. The Morgan fingerprint density at radius 1 is 1.00 bits per heavy atom. The first-order valence-electron chi connectivity index (χ1n) is 7.77. The van der Waals surface area contributed by atoms with E-state index < -0.39 is 6.03 Å². The number of hydrogen-bond acceptors (Lipinski definition) is 2. The molecule has 1 heterocycles. The van der Waals surface area contributed by atoms with Crippen molar-refractivity contribution in [3.63, 3.8) is 0 Å². The Morgan fingerprint density at radius 3 is 2.00 bits per heavy atom. The third-order valence-corrected chi connectivity index (χ3v) is 3.73. The van der Waals surface area contributed by atoms with E-state index in [0.29, 0.717) is 0 Å². The first-order valence-corrected chi connectivity index (χ1v) is 7.77. The minimum Gasteiger partial charge on any atom is -0.333 e. The van der Waals surface area contributed by atoms with Crippen molar-refractivity contribution in [2.45, 2.75) is 71.4 Å². The van der Waals surface area contributed by atoms with Gasteiger partial charge in [0.25, 0.3) is 5.91 Å². The van der Waals surface area contributed by atoms with E-state index in [1.807, 2.05) is 27.7 Å². The van der Waals surface area contributed by atoms with E-state index in [-0.39, 0.29) is 17.5 Å². The number of quaternary nitrogens is 1. The minimum absolute atomic E-state index is 0.168. The summed E-state index contributed by atoms with van der Waals surface area (Å²) in [5, 5.41) is 5.21. The molecule has 0 aromatic carbocycles. The summed E-state index contributed by atoms with van der Waals surface area (Å²) >= 11 is 0. The van der Waals surface area contributed by atoms with E-state index in [0.717, 1.165) is 13.1 Å². The molecule has 1 saturated heterocycles. The molecule has 1 rings (SSSR count). The Balaban J connectivity index is 2.46. The highest BCUT2D eigenvalue weighted by atomic mass is 16.2. The molecule has 0 bridgehead atoms. The maximum atomic E-state index is 12.1. The van der Waals surface area contributed by atoms with Gasteiger partial charge in [-0.05, 0) is 53.4 Å². The van der Waals surface area contributed by atoms with Gasteiger partial charge in [-0.3, -0.25) is 10.1 Å². The van der Waals surface area contributed by atoms with Crippen LogP contribution in [0.1, 0.15) is 59.8 Å². The second kappa shape index (κ2) is 7.62. The molecule has 1 aliphatic heterocycles. The molecule has 0 radical (unpaired) electrons. The summed E-state index contributed by atoms with van der Waals surface area (Å²) in [5.41, 5.74) is -0.332. The molecule has 5 nitrogen and oxygen atoms in total. The normalized spacial score (nSPS) is 19.6. The number of urea groups is 1. The average Bonchev–Trinajstić information content (AvgIpc) is 2.24. The molecule has 0 saturated carbocycles. The monoisotopic (exact) mass is 284 g/mol. The summed E-state index contributed by atoms with van der Waals surface area (Å²) in [6.07, 6.45) is 6.15. The van der Waals surface area contributed by atoms with E-state index >= 15 is 0 Å². The standard InChI is InChI=1S/C15H29N3O2/c1-12(18-10-8-6-5-7-9-11-18)13(19)16-14(20)17-15(2,3)4/h12H,5-11H2,1-4H3,(H2,16,17,19,20)/p+1/t12-/m1/s1. The van der Waals surface area contributed by atoms with Crippen LogP contribution in [0.4, 0.5) is 4.79 Å². The Kier molecular flexibility index (Phi) is 6.46.